The van der Waals surface area contributed by atoms with Crippen LogP contribution < -0.4 is 5.32 Å². The summed E-state index contributed by atoms with van der Waals surface area (Å²) in [5.74, 6) is 0.828. The highest BCUT2D eigenvalue weighted by molar-refractivity contribution is 9.10. The van der Waals surface area contributed by atoms with Crippen LogP contribution in [0.25, 0.3) is 0 Å². The maximum atomic E-state index is 5.02. The Bertz CT molecular complexity index is 293. The van der Waals surface area contributed by atoms with Gasteiger partial charge in [0.2, 0.25) is 0 Å². The molecule has 0 radical (unpaired) electrons. The van der Waals surface area contributed by atoms with Crippen molar-refractivity contribution in [2.75, 3.05) is 19.0 Å². The van der Waals surface area contributed by atoms with Gasteiger partial charge in [0.25, 0.3) is 0 Å². The molecule has 0 aliphatic rings. The highest BCUT2D eigenvalue weighted by Crippen LogP contribution is 2.22. The first-order chi connectivity index (χ1) is 6.79. The number of rotatable bonds is 5. The lowest BCUT2D eigenvalue weighted by Crippen LogP contribution is -2.05. The van der Waals surface area contributed by atoms with Gasteiger partial charge in [-0.25, -0.2) is 9.97 Å². The zero-order valence-electron chi connectivity index (χ0n) is 8.38. The topological polar surface area (TPSA) is 47.0 Å². The Morgan fingerprint density at radius 1 is 1.50 bits per heavy atom. The van der Waals surface area contributed by atoms with E-state index in [9.17, 15) is 0 Å². The van der Waals surface area contributed by atoms with Crippen molar-refractivity contribution < 1.29 is 4.74 Å². The molecule has 0 atom stereocenters. The lowest BCUT2D eigenvalue weighted by molar-refractivity contribution is 0.181. The van der Waals surface area contributed by atoms with Crippen molar-refractivity contribution in [3.8, 4) is 0 Å². The molecule has 0 aliphatic carbocycles. The van der Waals surface area contributed by atoms with Gasteiger partial charge in [-0.05, 0) is 22.4 Å². The summed E-state index contributed by atoms with van der Waals surface area (Å²) in [6.45, 7) is 3.50. The second-order valence-electron chi connectivity index (χ2n) is 2.84. The lowest BCUT2D eigenvalue weighted by Gasteiger charge is -2.08. The molecule has 4 nitrogen and oxygen atoms in total. The van der Waals surface area contributed by atoms with Crippen LogP contribution in [0.3, 0.4) is 0 Å². The van der Waals surface area contributed by atoms with Crippen LogP contribution in [0.2, 0.25) is 0 Å². The van der Waals surface area contributed by atoms with Crippen molar-refractivity contribution in [1.29, 1.82) is 0 Å². The summed E-state index contributed by atoms with van der Waals surface area (Å²) in [4.78, 5) is 8.25. The minimum absolute atomic E-state index is 0.490. The molecule has 78 valence electrons. The summed E-state index contributed by atoms with van der Waals surface area (Å²) in [6, 6.07) is 0. The fourth-order valence-corrected chi connectivity index (χ4v) is 1.47. The second-order valence-corrected chi connectivity index (χ2v) is 3.64. The Labute approximate surface area is 92.2 Å². The Hall–Kier alpha value is -0.680. The van der Waals surface area contributed by atoms with Crippen LogP contribution >= 0.6 is 15.9 Å². The Morgan fingerprint density at radius 3 is 2.93 bits per heavy atom. The standard InChI is InChI=1S/C9H14BrN3O/c1-3-4-11-9-8(10)7(5-14-2)12-6-13-9/h6H,3-5H2,1-2H3,(H,11,12,13). The maximum absolute atomic E-state index is 5.02. The minimum atomic E-state index is 0.490. The number of hydrogen-bond acceptors (Lipinski definition) is 4. The monoisotopic (exact) mass is 259 g/mol. The summed E-state index contributed by atoms with van der Waals surface area (Å²) in [6.07, 6.45) is 2.60. The number of methoxy groups -OCH3 is 1. The van der Waals surface area contributed by atoms with Gasteiger partial charge >= 0.3 is 0 Å². The molecular formula is C9H14BrN3O. The molecule has 14 heavy (non-hydrogen) atoms. The predicted molar refractivity (Wildman–Crippen MR) is 59.2 cm³/mol. The van der Waals surface area contributed by atoms with Crippen molar-refractivity contribution in [2.45, 2.75) is 20.0 Å². The van der Waals surface area contributed by atoms with Crippen LogP contribution in [-0.4, -0.2) is 23.6 Å². The number of nitrogens with zero attached hydrogens (tertiary/aromatic N) is 2. The third kappa shape index (κ3) is 2.92. The van der Waals surface area contributed by atoms with Gasteiger partial charge < -0.3 is 10.1 Å². The molecule has 0 unspecified atom stereocenters. The average Bonchev–Trinajstić information content (AvgIpc) is 2.20. The van der Waals surface area contributed by atoms with E-state index >= 15 is 0 Å². The van der Waals surface area contributed by atoms with Crippen LogP contribution in [-0.2, 0) is 11.3 Å². The van der Waals surface area contributed by atoms with E-state index in [0.717, 1.165) is 29.0 Å². The molecule has 0 fully saturated rings. The van der Waals surface area contributed by atoms with Gasteiger partial charge in [-0.3, -0.25) is 0 Å². The molecule has 1 heterocycles. The highest BCUT2D eigenvalue weighted by Gasteiger charge is 2.06. The van der Waals surface area contributed by atoms with Crippen molar-refractivity contribution in [1.82, 2.24) is 9.97 Å². The highest BCUT2D eigenvalue weighted by atomic mass is 79.9. The first-order valence-corrected chi connectivity index (χ1v) is 5.31. The summed E-state index contributed by atoms with van der Waals surface area (Å²) in [7, 11) is 1.65. The van der Waals surface area contributed by atoms with E-state index in [1.165, 1.54) is 6.33 Å². The fraction of sp³-hybridized carbons (Fsp3) is 0.556. The van der Waals surface area contributed by atoms with E-state index in [0.29, 0.717) is 6.61 Å². The molecule has 1 N–H and O–H groups in total. The fourth-order valence-electron chi connectivity index (χ4n) is 1.01. The van der Waals surface area contributed by atoms with Gasteiger partial charge in [0.05, 0.1) is 16.8 Å². The first kappa shape index (κ1) is 11.4. The second kappa shape index (κ2) is 5.93. The molecule has 0 spiro atoms. The number of hydrogen-bond donors (Lipinski definition) is 1. The number of anilines is 1. The molecule has 0 saturated heterocycles. The molecule has 5 heteroatoms. The first-order valence-electron chi connectivity index (χ1n) is 4.51. The number of aromatic nitrogens is 2. The van der Waals surface area contributed by atoms with Gasteiger partial charge in [-0.2, -0.15) is 0 Å². The van der Waals surface area contributed by atoms with E-state index in [2.05, 4.69) is 38.1 Å². The zero-order chi connectivity index (χ0) is 10.4. The van der Waals surface area contributed by atoms with E-state index in [1.54, 1.807) is 7.11 Å². The van der Waals surface area contributed by atoms with Crippen LogP contribution in [0.1, 0.15) is 19.0 Å². The molecule has 1 aromatic heterocycles. The number of halogens is 1. The van der Waals surface area contributed by atoms with Gasteiger partial charge in [0, 0.05) is 13.7 Å². The largest absolute Gasteiger partial charge is 0.378 e. The summed E-state index contributed by atoms with van der Waals surface area (Å²) >= 11 is 3.44. The minimum Gasteiger partial charge on any atom is -0.378 e. The maximum Gasteiger partial charge on any atom is 0.144 e. The normalized spacial score (nSPS) is 10.2. The van der Waals surface area contributed by atoms with E-state index in [4.69, 9.17) is 4.74 Å². The quantitative estimate of drug-likeness (QED) is 0.881. The Balaban J connectivity index is 2.78. The smallest absolute Gasteiger partial charge is 0.144 e. The Morgan fingerprint density at radius 2 is 2.29 bits per heavy atom. The number of nitrogens with one attached hydrogen (secondary N) is 1. The molecule has 0 aliphatic heterocycles. The summed E-state index contributed by atoms with van der Waals surface area (Å²) < 4.78 is 5.90. The van der Waals surface area contributed by atoms with Crippen molar-refractivity contribution in [2.24, 2.45) is 0 Å². The molecular weight excluding hydrogens is 246 g/mol. The van der Waals surface area contributed by atoms with Gasteiger partial charge in [-0.1, -0.05) is 6.92 Å². The van der Waals surface area contributed by atoms with Crippen molar-refractivity contribution >= 4 is 21.7 Å². The molecule has 0 amide bonds. The van der Waals surface area contributed by atoms with Crippen molar-refractivity contribution in [3.05, 3.63) is 16.5 Å². The molecule has 1 rings (SSSR count). The van der Waals surface area contributed by atoms with Gasteiger partial charge in [0.1, 0.15) is 12.1 Å². The predicted octanol–water partition coefficient (Wildman–Crippen LogP) is 2.21. The number of ether oxygens (including phenoxy) is 1. The van der Waals surface area contributed by atoms with Crippen LogP contribution in [0, 0.1) is 0 Å². The molecule has 0 saturated carbocycles. The average molecular weight is 260 g/mol. The van der Waals surface area contributed by atoms with Gasteiger partial charge in [-0.15, -0.1) is 0 Å². The summed E-state index contributed by atoms with van der Waals surface area (Å²) in [5.41, 5.74) is 0.862. The third-order valence-electron chi connectivity index (χ3n) is 1.69. The van der Waals surface area contributed by atoms with E-state index in [1.807, 2.05) is 0 Å². The summed E-state index contributed by atoms with van der Waals surface area (Å²) in [5, 5.41) is 3.21. The van der Waals surface area contributed by atoms with E-state index in [-0.39, 0.29) is 0 Å². The molecule has 1 aromatic rings. The Kier molecular flexibility index (Phi) is 4.82. The lowest BCUT2D eigenvalue weighted by atomic mass is 10.4. The molecule has 0 bridgehead atoms. The zero-order valence-corrected chi connectivity index (χ0v) is 9.97. The van der Waals surface area contributed by atoms with Crippen LogP contribution in [0.15, 0.2) is 10.8 Å². The van der Waals surface area contributed by atoms with Crippen molar-refractivity contribution in [3.63, 3.8) is 0 Å². The van der Waals surface area contributed by atoms with Crippen LogP contribution in [0.4, 0.5) is 5.82 Å². The van der Waals surface area contributed by atoms with Crippen LogP contribution in [0.5, 0.6) is 0 Å². The third-order valence-corrected chi connectivity index (χ3v) is 2.52. The van der Waals surface area contributed by atoms with Gasteiger partial charge in [0.15, 0.2) is 0 Å². The molecule has 0 aromatic carbocycles. The van der Waals surface area contributed by atoms with E-state index < -0.39 is 0 Å². The SMILES string of the molecule is CCCNc1ncnc(COC)c1Br.